The lowest BCUT2D eigenvalue weighted by molar-refractivity contribution is -0.164. The molecule has 1 unspecified atom stereocenters. The van der Waals surface area contributed by atoms with Crippen molar-refractivity contribution >= 4 is 5.91 Å². The van der Waals surface area contributed by atoms with Crippen LogP contribution in [0, 0.1) is 34.5 Å². The number of aromatic nitrogens is 1. The summed E-state index contributed by atoms with van der Waals surface area (Å²) in [6.07, 6.45) is 12.4. The molecule has 1 amide bonds. The Morgan fingerprint density at radius 2 is 1.74 bits per heavy atom. The van der Waals surface area contributed by atoms with Crippen LogP contribution in [0.1, 0.15) is 65.7 Å². The lowest BCUT2D eigenvalue weighted by Crippen LogP contribution is -2.62. The van der Waals surface area contributed by atoms with Gasteiger partial charge in [-0.05, 0) is 109 Å². The van der Waals surface area contributed by atoms with Gasteiger partial charge in [-0.15, -0.1) is 0 Å². The highest BCUT2D eigenvalue weighted by atomic mass is 16.5. The van der Waals surface area contributed by atoms with E-state index in [0.29, 0.717) is 29.4 Å². The second-order valence-electron chi connectivity index (χ2n) is 12.5. The highest BCUT2D eigenvalue weighted by Gasteiger charge is 2.62. The molecule has 6 rings (SSSR count). The molecule has 4 nitrogen and oxygen atoms in total. The molecule has 0 bridgehead atoms. The van der Waals surface area contributed by atoms with Crippen LogP contribution >= 0.6 is 0 Å². The summed E-state index contributed by atoms with van der Waals surface area (Å²) in [6, 6.07) is 13.1. The SMILES string of the molecule is C[C@H]1C[C@H]2N(C)C(=O)CC[C@]2(C)[C@H]2CC[C@]3(C)C[C@@H](Oc4ccc(-n5cccc5)cc4)C[C@H]3C12. The summed E-state index contributed by atoms with van der Waals surface area (Å²) in [6.45, 7) is 7.54. The molecule has 8 atom stereocenters. The third-order valence-electron chi connectivity index (χ3n) is 10.7. The minimum atomic E-state index is 0.272. The zero-order valence-corrected chi connectivity index (χ0v) is 21.2. The van der Waals surface area contributed by atoms with Gasteiger partial charge in [-0.2, -0.15) is 0 Å². The summed E-state index contributed by atoms with van der Waals surface area (Å²) in [5.74, 6) is 4.23. The van der Waals surface area contributed by atoms with Gasteiger partial charge in [-0.25, -0.2) is 0 Å². The van der Waals surface area contributed by atoms with Gasteiger partial charge >= 0.3 is 0 Å². The number of piperidine rings is 1. The first kappa shape index (κ1) is 22.2. The average Bonchev–Trinajstić information content (AvgIpc) is 3.46. The Morgan fingerprint density at radius 3 is 2.47 bits per heavy atom. The molecule has 1 aromatic heterocycles. The van der Waals surface area contributed by atoms with E-state index in [9.17, 15) is 4.79 Å². The van der Waals surface area contributed by atoms with Gasteiger partial charge in [0.25, 0.3) is 0 Å². The first-order valence-corrected chi connectivity index (χ1v) is 13.4. The van der Waals surface area contributed by atoms with Crippen LogP contribution in [-0.4, -0.2) is 34.6 Å². The van der Waals surface area contributed by atoms with Gasteiger partial charge in [-0.3, -0.25) is 4.79 Å². The van der Waals surface area contributed by atoms with Crippen molar-refractivity contribution in [1.29, 1.82) is 0 Å². The van der Waals surface area contributed by atoms with Crippen molar-refractivity contribution in [2.45, 2.75) is 77.9 Å². The number of rotatable bonds is 3. The third-order valence-corrected chi connectivity index (χ3v) is 10.7. The molecule has 1 saturated heterocycles. The summed E-state index contributed by atoms with van der Waals surface area (Å²) >= 11 is 0. The number of likely N-dealkylation sites (tertiary alicyclic amines) is 1. The van der Waals surface area contributed by atoms with Gasteiger partial charge in [0.1, 0.15) is 5.75 Å². The highest BCUT2D eigenvalue weighted by molar-refractivity contribution is 5.77. The smallest absolute Gasteiger partial charge is 0.222 e. The molecule has 1 aliphatic heterocycles. The molecule has 2 heterocycles. The lowest BCUT2D eigenvalue weighted by atomic mass is 9.45. The van der Waals surface area contributed by atoms with Gasteiger partial charge in [0.15, 0.2) is 0 Å². The van der Waals surface area contributed by atoms with Crippen LogP contribution < -0.4 is 4.74 Å². The molecule has 4 fully saturated rings. The lowest BCUT2D eigenvalue weighted by Gasteiger charge is -2.63. The molecule has 1 aromatic carbocycles. The zero-order valence-electron chi connectivity index (χ0n) is 21.2. The maximum absolute atomic E-state index is 12.5. The van der Waals surface area contributed by atoms with Crippen LogP contribution in [0.3, 0.4) is 0 Å². The number of hydrogen-bond acceptors (Lipinski definition) is 2. The second kappa shape index (κ2) is 7.90. The predicted octanol–water partition coefficient (Wildman–Crippen LogP) is 6.33. The number of amides is 1. The number of carbonyl (C=O) groups excluding carboxylic acids is 1. The van der Waals surface area contributed by atoms with Crippen molar-refractivity contribution < 1.29 is 9.53 Å². The van der Waals surface area contributed by atoms with Gasteiger partial charge in [-0.1, -0.05) is 20.8 Å². The second-order valence-corrected chi connectivity index (χ2v) is 12.5. The molecule has 0 radical (unpaired) electrons. The van der Waals surface area contributed by atoms with Crippen molar-refractivity contribution in [3.05, 3.63) is 48.8 Å². The summed E-state index contributed by atoms with van der Waals surface area (Å²) in [7, 11) is 2.06. The molecular formula is C30H40N2O2. The topological polar surface area (TPSA) is 34.5 Å². The minimum absolute atomic E-state index is 0.272. The fourth-order valence-corrected chi connectivity index (χ4v) is 8.94. The van der Waals surface area contributed by atoms with Crippen molar-refractivity contribution in [1.82, 2.24) is 9.47 Å². The van der Waals surface area contributed by atoms with E-state index >= 15 is 0 Å². The third kappa shape index (κ3) is 3.35. The Kier molecular flexibility index (Phi) is 5.17. The number of benzene rings is 1. The number of hydrogen-bond donors (Lipinski definition) is 0. The van der Waals surface area contributed by atoms with Gasteiger partial charge in [0, 0.05) is 37.6 Å². The van der Waals surface area contributed by atoms with Gasteiger partial charge < -0.3 is 14.2 Å². The van der Waals surface area contributed by atoms with E-state index in [1.165, 1.54) is 37.8 Å². The first-order chi connectivity index (χ1) is 16.3. The maximum Gasteiger partial charge on any atom is 0.222 e. The highest BCUT2D eigenvalue weighted by Crippen LogP contribution is 2.66. The molecular weight excluding hydrogens is 420 g/mol. The van der Waals surface area contributed by atoms with Crippen LogP contribution in [-0.2, 0) is 4.79 Å². The monoisotopic (exact) mass is 460 g/mol. The molecule has 0 N–H and O–H groups in total. The van der Waals surface area contributed by atoms with Crippen molar-refractivity contribution in [2.75, 3.05) is 7.05 Å². The maximum atomic E-state index is 12.5. The molecule has 3 saturated carbocycles. The fourth-order valence-electron chi connectivity index (χ4n) is 8.94. The summed E-state index contributed by atoms with van der Waals surface area (Å²) < 4.78 is 8.75. The number of ether oxygens (including phenoxy) is 1. The Bertz CT molecular complexity index is 1050. The van der Waals surface area contributed by atoms with Crippen LogP contribution in [0.5, 0.6) is 5.75 Å². The van der Waals surface area contributed by atoms with Crippen molar-refractivity contribution in [3.8, 4) is 11.4 Å². The first-order valence-electron chi connectivity index (χ1n) is 13.4. The van der Waals surface area contributed by atoms with Crippen LogP contribution in [0.2, 0.25) is 0 Å². The van der Waals surface area contributed by atoms with E-state index in [4.69, 9.17) is 4.74 Å². The number of nitrogens with zero attached hydrogens (tertiary/aromatic N) is 2. The predicted molar refractivity (Wildman–Crippen MR) is 135 cm³/mol. The molecule has 4 aliphatic rings. The van der Waals surface area contributed by atoms with E-state index in [0.717, 1.165) is 36.3 Å². The van der Waals surface area contributed by atoms with E-state index in [2.05, 4.69) is 86.1 Å². The van der Waals surface area contributed by atoms with E-state index < -0.39 is 0 Å². The molecule has 0 spiro atoms. The standard InChI is InChI=1S/C30H40N2O2/c1-20-17-26-30(3,14-12-27(33)31(26)4)24-11-13-29(2)19-23(18-25(29)28(20)24)34-22-9-7-21(8-10-22)32-15-5-6-16-32/h5-10,15-16,20,23-26,28H,11-14,17-19H2,1-4H3/t20-,23-,24-,25-,26+,28?,29+,30+/m0/s1. The van der Waals surface area contributed by atoms with Crippen LogP contribution in [0.15, 0.2) is 48.8 Å². The molecule has 34 heavy (non-hydrogen) atoms. The Morgan fingerprint density at radius 1 is 1.00 bits per heavy atom. The Labute approximate surface area is 204 Å². The Balaban J connectivity index is 1.21. The van der Waals surface area contributed by atoms with E-state index in [1.807, 2.05) is 0 Å². The number of carbonyl (C=O) groups is 1. The molecule has 2 aromatic rings. The normalized spacial score (nSPS) is 41.5. The quantitative estimate of drug-likeness (QED) is 0.536. The van der Waals surface area contributed by atoms with Crippen molar-refractivity contribution in [2.24, 2.45) is 34.5 Å². The van der Waals surface area contributed by atoms with E-state index in [1.54, 1.807) is 0 Å². The average molecular weight is 461 g/mol. The molecule has 182 valence electrons. The summed E-state index contributed by atoms with van der Waals surface area (Å²) in [4.78, 5) is 14.6. The minimum Gasteiger partial charge on any atom is -0.490 e. The largest absolute Gasteiger partial charge is 0.490 e. The fraction of sp³-hybridized carbons (Fsp3) is 0.633. The summed E-state index contributed by atoms with van der Waals surface area (Å²) in [5.41, 5.74) is 1.82. The van der Waals surface area contributed by atoms with Crippen LogP contribution in [0.25, 0.3) is 5.69 Å². The summed E-state index contributed by atoms with van der Waals surface area (Å²) in [5, 5.41) is 0. The molecule has 3 aliphatic carbocycles. The Hall–Kier alpha value is -2.23. The zero-order chi connectivity index (χ0) is 23.7. The van der Waals surface area contributed by atoms with Gasteiger partial charge in [0.2, 0.25) is 5.91 Å². The molecule has 4 heteroatoms. The van der Waals surface area contributed by atoms with Crippen molar-refractivity contribution in [3.63, 3.8) is 0 Å². The van der Waals surface area contributed by atoms with E-state index in [-0.39, 0.29) is 5.41 Å². The number of fused-ring (bicyclic) bond motifs is 5. The van der Waals surface area contributed by atoms with Gasteiger partial charge in [0.05, 0.1) is 6.10 Å². The van der Waals surface area contributed by atoms with Crippen LogP contribution in [0.4, 0.5) is 0 Å².